The van der Waals surface area contributed by atoms with Crippen LogP contribution in [0.3, 0.4) is 0 Å². The summed E-state index contributed by atoms with van der Waals surface area (Å²) in [6.07, 6.45) is 3.63. The first-order valence-corrected chi connectivity index (χ1v) is 6.28. The molecule has 0 amide bonds. The first kappa shape index (κ1) is 12.3. The summed E-state index contributed by atoms with van der Waals surface area (Å²) in [5.41, 5.74) is 0. The number of nitrogens with zero attached hydrogens (tertiary/aromatic N) is 3. The number of rotatable bonds is 6. The van der Waals surface area contributed by atoms with E-state index in [1.54, 1.807) is 18.1 Å². The Balaban J connectivity index is 2.52. The Hall–Kier alpha value is -0.810. The molecule has 0 atom stereocenters. The lowest BCUT2D eigenvalue weighted by molar-refractivity contribution is 0.701. The minimum atomic E-state index is 0.957. The van der Waals surface area contributed by atoms with Crippen molar-refractivity contribution in [2.45, 2.75) is 11.9 Å². The number of anilines is 1. The molecule has 0 aliphatic carbocycles. The molecule has 0 aliphatic heterocycles. The smallest absolute Gasteiger partial charge is 0.132 e. The fraction of sp³-hybridized carbons (Fsp3) is 0.600. The maximum absolute atomic E-state index is 4.24. The van der Waals surface area contributed by atoms with Crippen LogP contribution in [0.15, 0.2) is 17.4 Å². The van der Waals surface area contributed by atoms with Crippen molar-refractivity contribution >= 4 is 17.6 Å². The van der Waals surface area contributed by atoms with Gasteiger partial charge in [-0.05, 0) is 12.8 Å². The molecule has 4 nitrogen and oxygen atoms in total. The van der Waals surface area contributed by atoms with Crippen LogP contribution in [0.2, 0.25) is 0 Å². The molecular weight excluding hydrogens is 208 g/mol. The van der Waals surface area contributed by atoms with Crippen molar-refractivity contribution < 1.29 is 0 Å². The first-order chi connectivity index (χ1) is 7.27. The molecule has 1 aromatic heterocycles. The van der Waals surface area contributed by atoms with Crippen LogP contribution in [0.4, 0.5) is 5.82 Å². The first-order valence-electron chi connectivity index (χ1n) is 5.05. The van der Waals surface area contributed by atoms with Gasteiger partial charge in [-0.2, -0.15) is 0 Å². The van der Waals surface area contributed by atoms with Gasteiger partial charge in [0.15, 0.2) is 0 Å². The van der Waals surface area contributed by atoms with E-state index >= 15 is 0 Å². The SMILES string of the molecule is CCNCCN(C)c1cc(SC)ncn1. The minimum Gasteiger partial charge on any atom is -0.358 e. The topological polar surface area (TPSA) is 41.0 Å². The minimum absolute atomic E-state index is 0.957. The van der Waals surface area contributed by atoms with Gasteiger partial charge >= 0.3 is 0 Å². The number of likely N-dealkylation sites (N-methyl/N-ethyl adjacent to an activating group) is 2. The molecule has 15 heavy (non-hydrogen) atoms. The molecule has 1 heterocycles. The zero-order valence-electron chi connectivity index (χ0n) is 9.53. The molecule has 5 heteroatoms. The van der Waals surface area contributed by atoms with Crippen molar-refractivity contribution in [3.63, 3.8) is 0 Å². The maximum Gasteiger partial charge on any atom is 0.132 e. The van der Waals surface area contributed by atoms with Crippen molar-refractivity contribution in [2.75, 3.05) is 37.8 Å². The molecule has 1 aromatic rings. The predicted octanol–water partition coefficient (Wildman–Crippen LogP) is 1.24. The van der Waals surface area contributed by atoms with Gasteiger partial charge in [0.05, 0.1) is 0 Å². The van der Waals surface area contributed by atoms with Crippen molar-refractivity contribution in [1.82, 2.24) is 15.3 Å². The Morgan fingerprint density at radius 1 is 1.47 bits per heavy atom. The van der Waals surface area contributed by atoms with E-state index in [0.717, 1.165) is 30.5 Å². The van der Waals surface area contributed by atoms with Gasteiger partial charge in [0.2, 0.25) is 0 Å². The van der Waals surface area contributed by atoms with Crippen molar-refractivity contribution in [1.29, 1.82) is 0 Å². The van der Waals surface area contributed by atoms with Gasteiger partial charge in [0.25, 0.3) is 0 Å². The Bertz CT molecular complexity index is 293. The number of aromatic nitrogens is 2. The monoisotopic (exact) mass is 226 g/mol. The second-order valence-electron chi connectivity index (χ2n) is 3.19. The summed E-state index contributed by atoms with van der Waals surface area (Å²) in [4.78, 5) is 10.5. The van der Waals surface area contributed by atoms with Crippen LogP contribution in [-0.4, -0.2) is 42.9 Å². The van der Waals surface area contributed by atoms with Crippen LogP contribution in [0, 0.1) is 0 Å². The number of hydrogen-bond donors (Lipinski definition) is 1. The number of hydrogen-bond acceptors (Lipinski definition) is 5. The molecule has 0 saturated heterocycles. The van der Waals surface area contributed by atoms with E-state index in [1.165, 1.54) is 0 Å². The van der Waals surface area contributed by atoms with Crippen molar-refractivity contribution in [3.8, 4) is 0 Å². The van der Waals surface area contributed by atoms with Gasteiger partial charge in [0.1, 0.15) is 17.2 Å². The highest BCUT2D eigenvalue weighted by molar-refractivity contribution is 7.98. The zero-order chi connectivity index (χ0) is 11.1. The van der Waals surface area contributed by atoms with Gasteiger partial charge in [-0.3, -0.25) is 0 Å². The molecule has 0 fully saturated rings. The van der Waals surface area contributed by atoms with Gasteiger partial charge < -0.3 is 10.2 Å². The van der Waals surface area contributed by atoms with E-state index in [9.17, 15) is 0 Å². The Morgan fingerprint density at radius 2 is 2.27 bits per heavy atom. The van der Waals surface area contributed by atoms with Gasteiger partial charge in [0, 0.05) is 26.2 Å². The fourth-order valence-electron chi connectivity index (χ4n) is 1.19. The van der Waals surface area contributed by atoms with Crippen molar-refractivity contribution in [2.24, 2.45) is 0 Å². The summed E-state index contributed by atoms with van der Waals surface area (Å²) in [5.74, 6) is 0.979. The second kappa shape index (κ2) is 6.63. The Morgan fingerprint density at radius 3 is 2.93 bits per heavy atom. The molecule has 0 aliphatic rings. The highest BCUT2D eigenvalue weighted by Crippen LogP contribution is 2.15. The molecule has 84 valence electrons. The molecule has 0 spiro atoms. The van der Waals surface area contributed by atoms with Crippen LogP contribution in [-0.2, 0) is 0 Å². The molecule has 0 radical (unpaired) electrons. The lowest BCUT2D eigenvalue weighted by Crippen LogP contribution is -2.29. The number of nitrogens with one attached hydrogen (secondary N) is 1. The van der Waals surface area contributed by atoms with Crippen LogP contribution < -0.4 is 10.2 Å². The van der Waals surface area contributed by atoms with Crippen LogP contribution in [0.25, 0.3) is 0 Å². The zero-order valence-corrected chi connectivity index (χ0v) is 10.3. The maximum atomic E-state index is 4.24. The van der Waals surface area contributed by atoms with E-state index in [2.05, 4.69) is 27.1 Å². The average molecular weight is 226 g/mol. The lowest BCUT2D eigenvalue weighted by Gasteiger charge is -2.18. The summed E-state index contributed by atoms with van der Waals surface area (Å²) in [5, 5.41) is 4.30. The summed E-state index contributed by atoms with van der Waals surface area (Å²) in [6.45, 7) is 5.05. The lowest BCUT2D eigenvalue weighted by atomic mass is 10.5. The molecular formula is C10H18N4S. The van der Waals surface area contributed by atoms with E-state index in [-0.39, 0.29) is 0 Å². The summed E-state index contributed by atoms with van der Waals surface area (Å²) < 4.78 is 0. The average Bonchev–Trinajstić information content (AvgIpc) is 2.29. The molecule has 0 unspecified atom stereocenters. The fourth-order valence-corrected chi connectivity index (χ4v) is 1.56. The molecule has 0 aromatic carbocycles. The normalized spacial score (nSPS) is 10.3. The molecule has 0 bridgehead atoms. The highest BCUT2D eigenvalue weighted by Gasteiger charge is 2.02. The third kappa shape index (κ3) is 4.05. The molecule has 0 saturated carbocycles. The third-order valence-electron chi connectivity index (χ3n) is 2.10. The predicted molar refractivity (Wildman–Crippen MR) is 65.6 cm³/mol. The largest absolute Gasteiger partial charge is 0.358 e. The molecule has 1 rings (SSSR count). The van der Waals surface area contributed by atoms with Gasteiger partial charge in [-0.25, -0.2) is 9.97 Å². The quantitative estimate of drug-likeness (QED) is 0.449. The van der Waals surface area contributed by atoms with Gasteiger partial charge in [-0.1, -0.05) is 6.92 Å². The Labute approximate surface area is 95.5 Å². The second-order valence-corrected chi connectivity index (χ2v) is 4.02. The standard InChI is InChI=1S/C10H18N4S/c1-4-11-5-6-14(2)9-7-10(15-3)13-8-12-9/h7-8,11H,4-6H2,1-3H3. The van der Waals surface area contributed by atoms with Crippen LogP contribution in [0.1, 0.15) is 6.92 Å². The Kier molecular flexibility index (Phi) is 5.42. The van der Waals surface area contributed by atoms with E-state index < -0.39 is 0 Å². The van der Waals surface area contributed by atoms with Crippen LogP contribution in [0.5, 0.6) is 0 Å². The third-order valence-corrected chi connectivity index (χ3v) is 2.74. The summed E-state index contributed by atoms with van der Waals surface area (Å²) in [6, 6.07) is 2.01. The van der Waals surface area contributed by atoms with E-state index in [1.807, 2.05) is 19.4 Å². The van der Waals surface area contributed by atoms with E-state index in [0.29, 0.717) is 0 Å². The van der Waals surface area contributed by atoms with Gasteiger partial charge in [-0.15, -0.1) is 11.8 Å². The molecule has 1 N–H and O–H groups in total. The van der Waals surface area contributed by atoms with Crippen molar-refractivity contribution in [3.05, 3.63) is 12.4 Å². The van der Waals surface area contributed by atoms with E-state index in [4.69, 9.17) is 0 Å². The summed E-state index contributed by atoms with van der Waals surface area (Å²) in [7, 11) is 2.05. The number of thioether (sulfide) groups is 1. The summed E-state index contributed by atoms with van der Waals surface area (Å²) >= 11 is 1.64. The highest BCUT2D eigenvalue weighted by atomic mass is 32.2. The van der Waals surface area contributed by atoms with Crippen LogP contribution >= 0.6 is 11.8 Å².